The number of non-ortho nitro benzene ring substituents is 1. The number of esters is 1. The lowest BCUT2D eigenvalue weighted by atomic mass is 10.2. The molecule has 0 heterocycles. The minimum Gasteiger partial charge on any atom is -0.494 e. The van der Waals surface area contributed by atoms with Crippen molar-refractivity contribution in [3.63, 3.8) is 0 Å². The molecular formula is C13H16N2O6. The summed E-state index contributed by atoms with van der Waals surface area (Å²) in [6.45, 7) is 2.87. The number of ether oxygens (including phenoxy) is 2. The lowest BCUT2D eigenvalue weighted by Gasteiger charge is -2.11. The maximum atomic E-state index is 11.6. The fourth-order valence-electron chi connectivity index (χ4n) is 1.39. The Morgan fingerprint density at radius 1 is 1.38 bits per heavy atom. The van der Waals surface area contributed by atoms with Crippen LogP contribution in [-0.4, -0.2) is 30.5 Å². The average Bonchev–Trinajstić information content (AvgIpc) is 2.44. The van der Waals surface area contributed by atoms with E-state index in [1.807, 2.05) is 0 Å². The van der Waals surface area contributed by atoms with Gasteiger partial charge in [-0.25, -0.2) is 0 Å². The van der Waals surface area contributed by atoms with Gasteiger partial charge in [-0.15, -0.1) is 0 Å². The predicted molar refractivity (Wildman–Crippen MR) is 74.1 cm³/mol. The van der Waals surface area contributed by atoms with Gasteiger partial charge >= 0.3 is 5.97 Å². The highest BCUT2D eigenvalue weighted by atomic mass is 16.6. The summed E-state index contributed by atoms with van der Waals surface area (Å²) in [5, 5.41) is 13.1. The van der Waals surface area contributed by atoms with Crippen LogP contribution in [0, 0.1) is 16.0 Å². The van der Waals surface area contributed by atoms with Crippen molar-refractivity contribution < 1.29 is 24.0 Å². The lowest BCUT2D eigenvalue weighted by molar-refractivity contribution is -0.384. The number of carbonyl (C=O) groups is 2. The van der Waals surface area contributed by atoms with Crippen molar-refractivity contribution in [3.05, 3.63) is 28.3 Å². The lowest BCUT2D eigenvalue weighted by Crippen LogP contribution is -2.23. The van der Waals surface area contributed by atoms with E-state index in [0.717, 1.165) is 0 Å². The number of nitrogens with zero attached hydrogens (tertiary/aromatic N) is 1. The number of nitro benzene ring substituents is 1. The fraction of sp³-hybridized carbons (Fsp3) is 0.385. The van der Waals surface area contributed by atoms with Gasteiger partial charge in [0, 0.05) is 6.07 Å². The van der Waals surface area contributed by atoms with Gasteiger partial charge in [-0.3, -0.25) is 19.7 Å². The molecule has 0 saturated heterocycles. The number of anilines is 1. The zero-order chi connectivity index (χ0) is 16.0. The first-order chi connectivity index (χ1) is 9.85. The molecule has 1 rings (SSSR count). The predicted octanol–water partition coefficient (Wildman–Crippen LogP) is 1.74. The van der Waals surface area contributed by atoms with Crippen molar-refractivity contribution in [2.24, 2.45) is 5.92 Å². The minimum absolute atomic E-state index is 0.146. The van der Waals surface area contributed by atoms with Gasteiger partial charge in [0.05, 0.1) is 29.7 Å². The van der Waals surface area contributed by atoms with Crippen molar-refractivity contribution in [1.82, 2.24) is 0 Å². The Morgan fingerprint density at radius 2 is 2.05 bits per heavy atom. The molecule has 0 atom stereocenters. The van der Waals surface area contributed by atoms with Gasteiger partial charge in [0.2, 0.25) is 0 Å². The van der Waals surface area contributed by atoms with E-state index in [-0.39, 0.29) is 23.0 Å². The maximum absolute atomic E-state index is 11.6. The van der Waals surface area contributed by atoms with Crippen LogP contribution in [0.25, 0.3) is 0 Å². The molecule has 8 heteroatoms. The second-order valence-electron chi connectivity index (χ2n) is 4.45. The van der Waals surface area contributed by atoms with E-state index in [9.17, 15) is 19.7 Å². The molecule has 1 aromatic carbocycles. The Kier molecular flexibility index (Phi) is 5.65. The van der Waals surface area contributed by atoms with Crippen molar-refractivity contribution in [2.45, 2.75) is 13.8 Å². The van der Waals surface area contributed by atoms with Crippen molar-refractivity contribution >= 4 is 23.3 Å². The highest BCUT2D eigenvalue weighted by Gasteiger charge is 2.15. The summed E-state index contributed by atoms with van der Waals surface area (Å²) in [7, 11) is 1.33. The molecule has 8 nitrogen and oxygen atoms in total. The van der Waals surface area contributed by atoms with Crippen LogP contribution in [0.5, 0.6) is 5.75 Å². The molecule has 0 saturated carbocycles. The molecule has 1 aromatic rings. The van der Waals surface area contributed by atoms with Gasteiger partial charge in [0.15, 0.2) is 6.61 Å². The van der Waals surface area contributed by atoms with Crippen LogP contribution in [0.3, 0.4) is 0 Å². The Balaban J connectivity index is 2.72. The number of nitrogens with one attached hydrogen (secondary N) is 1. The van der Waals surface area contributed by atoms with Crippen LogP contribution < -0.4 is 10.1 Å². The first-order valence-electron chi connectivity index (χ1n) is 6.14. The van der Waals surface area contributed by atoms with Crippen LogP contribution in [0.15, 0.2) is 18.2 Å². The van der Waals surface area contributed by atoms with Gasteiger partial charge in [-0.05, 0) is 6.07 Å². The highest BCUT2D eigenvalue weighted by molar-refractivity contribution is 5.94. The van der Waals surface area contributed by atoms with Crippen LogP contribution in [0.1, 0.15) is 13.8 Å². The molecule has 0 unspecified atom stereocenters. The molecule has 0 radical (unpaired) electrons. The second-order valence-corrected chi connectivity index (χ2v) is 4.45. The molecule has 0 aliphatic heterocycles. The molecule has 0 aromatic heterocycles. The molecule has 21 heavy (non-hydrogen) atoms. The van der Waals surface area contributed by atoms with E-state index in [2.05, 4.69) is 5.32 Å². The standard InChI is InChI=1S/C13H16N2O6/c1-8(2)13(17)21-7-12(16)14-10-5-4-9(15(18)19)6-11(10)20-3/h4-6,8H,7H2,1-3H3,(H,14,16). The average molecular weight is 296 g/mol. The Bertz CT molecular complexity index is 556. The minimum atomic E-state index is -0.571. The number of amides is 1. The maximum Gasteiger partial charge on any atom is 0.308 e. The van der Waals surface area contributed by atoms with Crippen LogP contribution in [0.2, 0.25) is 0 Å². The Morgan fingerprint density at radius 3 is 2.57 bits per heavy atom. The van der Waals surface area contributed by atoms with E-state index in [1.165, 1.54) is 25.3 Å². The molecule has 0 bridgehead atoms. The molecular weight excluding hydrogens is 280 g/mol. The SMILES string of the molecule is COc1cc([N+](=O)[O-])ccc1NC(=O)COC(=O)C(C)C. The van der Waals surface area contributed by atoms with Crippen molar-refractivity contribution in [2.75, 3.05) is 19.0 Å². The summed E-state index contributed by atoms with van der Waals surface area (Å²) in [6.07, 6.45) is 0. The normalized spacial score (nSPS) is 10.1. The Hall–Kier alpha value is -2.64. The smallest absolute Gasteiger partial charge is 0.308 e. The topological polar surface area (TPSA) is 108 Å². The van der Waals surface area contributed by atoms with Gasteiger partial charge in [0.25, 0.3) is 11.6 Å². The van der Waals surface area contributed by atoms with Gasteiger partial charge in [-0.1, -0.05) is 13.8 Å². The monoisotopic (exact) mass is 296 g/mol. The van der Waals surface area contributed by atoms with Crippen LogP contribution in [0.4, 0.5) is 11.4 Å². The van der Waals surface area contributed by atoms with Crippen molar-refractivity contribution in [1.29, 1.82) is 0 Å². The summed E-state index contributed by atoms with van der Waals surface area (Å²) in [5.41, 5.74) is 0.102. The van der Waals surface area contributed by atoms with Crippen LogP contribution >= 0.6 is 0 Å². The quantitative estimate of drug-likeness (QED) is 0.486. The van der Waals surface area contributed by atoms with Crippen LogP contribution in [-0.2, 0) is 14.3 Å². The number of carbonyl (C=O) groups excluding carboxylic acids is 2. The number of hydrogen-bond acceptors (Lipinski definition) is 6. The third-order valence-corrected chi connectivity index (χ3v) is 2.49. The molecule has 0 aliphatic rings. The van der Waals surface area contributed by atoms with E-state index in [4.69, 9.17) is 9.47 Å². The summed E-state index contributed by atoms with van der Waals surface area (Å²) < 4.78 is 9.75. The number of nitro groups is 1. The third-order valence-electron chi connectivity index (χ3n) is 2.49. The number of rotatable bonds is 6. The molecule has 0 fully saturated rings. The van der Waals surface area contributed by atoms with E-state index in [1.54, 1.807) is 13.8 Å². The van der Waals surface area contributed by atoms with E-state index >= 15 is 0 Å². The molecule has 0 aliphatic carbocycles. The zero-order valence-electron chi connectivity index (χ0n) is 11.9. The molecule has 114 valence electrons. The largest absolute Gasteiger partial charge is 0.494 e. The summed E-state index contributed by atoms with van der Waals surface area (Å²) in [6, 6.07) is 3.77. The molecule has 0 spiro atoms. The van der Waals surface area contributed by atoms with Gasteiger partial charge in [0.1, 0.15) is 5.75 Å². The number of benzene rings is 1. The van der Waals surface area contributed by atoms with Gasteiger partial charge in [-0.2, -0.15) is 0 Å². The summed E-state index contributed by atoms with van der Waals surface area (Å²) in [4.78, 5) is 33.0. The van der Waals surface area contributed by atoms with Gasteiger partial charge < -0.3 is 14.8 Å². The first-order valence-corrected chi connectivity index (χ1v) is 6.14. The Labute approximate surface area is 121 Å². The number of methoxy groups -OCH3 is 1. The van der Waals surface area contributed by atoms with Crippen molar-refractivity contribution in [3.8, 4) is 5.75 Å². The summed E-state index contributed by atoms with van der Waals surface area (Å²) >= 11 is 0. The molecule has 1 amide bonds. The third kappa shape index (κ3) is 4.75. The van der Waals surface area contributed by atoms with E-state index in [0.29, 0.717) is 0 Å². The van der Waals surface area contributed by atoms with E-state index < -0.39 is 23.4 Å². The zero-order valence-corrected chi connectivity index (χ0v) is 11.9. The number of hydrogen-bond donors (Lipinski definition) is 1. The molecule has 1 N–H and O–H groups in total. The summed E-state index contributed by atoms with van der Waals surface area (Å²) in [5.74, 6) is -1.23. The fourth-order valence-corrected chi connectivity index (χ4v) is 1.39. The first kappa shape index (κ1) is 16.4. The second kappa shape index (κ2) is 7.22. The highest BCUT2D eigenvalue weighted by Crippen LogP contribution is 2.28.